The summed E-state index contributed by atoms with van der Waals surface area (Å²) < 4.78 is 0. The minimum atomic E-state index is 0.243. The number of nitrogens with zero attached hydrogens (tertiary/aromatic N) is 2. The van der Waals surface area contributed by atoms with E-state index in [9.17, 15) is 9.59 Å². The highest BCUT2D eigenvalue weighted by molar-refractivity contribution is 5.84. The molecule has 2 aliphatic heterocycles. The second-order valence-electron chi connectivity index (χ2n) is 9.18. The van der Waals surface area contributed by atoms with Crippen molar-refractivity contribution in [3.05, 3.63) is 0 Å². The zero-order chi connectivity index (χ0) is 17.9. The number of rotatable bonds is 3. The Morgan fingerprint density at radius 2 is 0.962 bits per heavy atom. The van der Waals surface area contributed by atoms with Gasteiger partial charge in [0.25, 0.3) is 0 Å². The Labute approximate surface area is 158 Å². The van der Waals surface area contributed by atoms with Gasteiger partial charge >= 0.3 is 0 Å². The largest absolute Gasteiger partial charge is 0.339 e. The van der Waals surface area contributed by atoms with E-state index in [1.54, 1.807) is 0 Å². The molecule has 0 N–H and O–H groups in total. The van der Waals surface area contributed by atoms with E-state index in [1.807, 2.05) is 0 Å². The molecule has 2 aliphatic carbocycles. The third-order valence-electron chi connectivity index (χ3n) is 7.68. The Morgan fingerprint density at radius 3 is 1.42 bits per heavy atom. The average molecular weight is 361 g/mol. The number of carbonyl (C=O) groups is 2. The van der Waals surface area contributed by atoms with Crippen molar-refractivity contribution in [1.29, 1.82) is 0 Å². The first-order chi connectivity index (χ1) is 12.7. The number of hydrogen-bond donors (Lipinski definition) is 0. The minimum Gasteiger partial charge on any atom is -0.339 e. The van der Waals surface area contributed by atoms with Crippen LogP contribution in [0.25, 0.3) is 0 Å². The summed E-state index contributed by atoms with van der Waals surface area (Å²) in [7, 11) is 0. The lowest BCUT2D eigenvalue weighted by atomic mass is 9.78. The van der Waals surface area contributed by atoms with Crippen LogP contribution in [-0.4, -0.2) is 46.8 Å². The minimum absolute atomic E-state index is 0.243. The molecule has 0 radical (unpaired) electrons. The van der Waals surface area contributed by atoms with E-state index < -0.39 is 0 Å². The third-order valence-corrected chi connectivity index (χ3v) is 7.68. The fraction of sp³-hybridized carbons (Fsp3) is 0.909. The monoisotopic (exact) mass is 360 g/mol. The molecule has 0 aromatic rings. The van der Waals surface area contributed by atoms with Gasteiger partial charge in [-0.3, -0.25) is 9.59 Å². The second-order valence-corrected chi connectivity index (χ2v) is 9.18. The molecule has 4 heteroatoms. The Hall–Kier alpha value is -1.06. The summed E-state index contributed by atoms with van der Waals surface area (Å²) >= 11 is 0. The summed E-state index contributed by atoms with van der Waals surface area (Å²) in [4.78, 5) is 30.1. The molecule has 0 aromatic carbocycles. The van der Waals surface area contributed by atoms with Gasteiger partial charge in [0.1, 0.15) is 0 Å². The van der Waals surface area contributed by atoms with Crippen LogP contribution in [0.4, 0.5) is 0 Å². The van der Waals surface area contributed by atoms with Crippen molar-refractivity contribution >= 4 is 11.8 Å². The van der Waals surface area contributed by atoms with E-state index in [4.69, 9.17) is 0 Å². The molecule has 2 saturated heterocycles. The van der Waals surface area contributed by atoms with Gasteiger partial charge in [0.05, 0.1) is 0 Å². The molecule has 0 aromatic heterocycles. The third kappa shape index (κ3) is 3.80. The normalized spacial score (nSPS) is 34.8. The molecule has 2 amide bonds. The lowest BCUT2D eigenvalue weighted by Gasteiger charge is -2.45. The first-order valence-corrected chi connectivity index (χ1v) is 11.3. The van der Waals surface area contributed by atoms with Gasteiger partial charge in [-0.2, -0.15) is 0 Å². The molecule has 2 heterocycles. The number of fused-ring (bicyclic) bond motifs is 2. The van der Waals surface area contributed by atoms with Crippen LogP contribution < -0.4 is 0 Å². The maximum absolute atomic E-state index is 12.9. The van der Waals surface area contributed by atoms with Crippen molar-refractivity contribution < 1.29 is 9.59 Å². The van der Waals surface area contributed by atoms with Crippen LogP contribution in [0.1, 0.15) is 89.9 Å². The van der Waals surface area contributed by atoms with E-state index in [0.717, 1.165) is 37.8 Å². The summed E-state index contributed by atoms with van der Waals surface area (Å²) in [6.45, 7) is 1.84. The van der Waals surface area contributed by atoms with E-state index in [-0.39, 0.29) is 11.8 Å². The molecule has 2 saturated carbocycles. The molecule has 26 heavy (non-hydrogen) atoms. The van der Waals surface area contributed by atoms with E-state index in [2.05, 4.69) is 9.80 Å². The first kappa shape index (κ1) is 18.3. The van der Waals surface area contributed by atoms with Gasteiger partial charge in [0, 0.05) is 38.0 Å². The lowest BCUT2D eigenvalue weighted by molar-refractivity contribution is -0.143. The molecule has 4 fully saturated rings. The molecule has 4 unspecified atom stereocenters. The van der Waals surface area contributed by atoms with Crippen LogP contribution in [0.2, 0.25) is 0 Å². The van der Waals surface area contributed by atoms with Gasteiger partial charge < -0.3 is 9.80 Å². The number of piperidine rings is 2. The Kier molecular flexibility index (Phi) is 5.85. The Bertz CT molecular complexity index is 470. The molecule has 4 nitrogen and oxygen atoms in total. The zero-order valence-electron chi connectivity index (χ0n) is 16.3. The van der Waals surface area contributed by atoms with Gasteiger partial charge in [-0.1, -0.05) is 25.7 Å². The van der Waals surface area contributed by atoms with Crippen LogP contribution in [0, 0.1) is 11.8 Å². The number of amides is 2. The van der Waals surface area contributed by atoms with Gasteiger partial charge in [-0.05, 0) is 63.2 Å². The standard InChI is InChI=1S/C22H36N2O2/c25-21(23-15-5-9-17-7-1-3-11-19(17)23)13-14-22(26)24-16-6-10-18-8-2-4-12-20(18)24/h17-20H,1-16H2. The molecule has 0 spiro atoms. The summed E-state index contributed by atoms with van der Waals surface area (Å²) in [6.07, 6.45) is 15.9. The summed E-state index contributed by atoms with van der Waals surface area (Å²) in [6, 6.07) is 0.940. The van der Waals surface area contributed by atoms with Crippen LogP contribution in [0.5, 0.6) is 0 Å². The van der Waals surface area contributed by atoms with Crippen molar-refractivity contribution in [2.45, 2.75) is 102 Å². The SMILES string of the molecule is O=C(CCC(=O)N1CCCC2CCCCC21)N1CCCC2CCCCC21. The van der Waals surface area contributed by atoms with Gasteiger partial charge in [-0.15, -0.1) is 0 Å². The predicted molar refractivity (Wildman–Crippen MR) is 103 cm³/mol. The van der Waals surface area contributed by atoms with Gasteiger partial charge in [-0.25, -0.2) is 0 Å². The summed E-state index contributed by atoms with van der Waals surface area (Å²) in [5, 5.41) is 0. The van der Waals surface area contributed by atoms with Crippen molar-refractivity contribution in [2.75, 3.05) is 13.1 Å². The fourth-order valence-corrected chi connectivity index (χ4v) is 6.37. The molecule has 146 valence electrons. The summed E-state index contributed by atoms with van der Waals surface area (Å²) in [5.74, 6) is 1.93. The maximum atomic E-state index is 12.9. The molecule has 4 rings (SSSR count). The van der Waals surface area contributed by atoms with E-state index >= 15 is 0 Å². The number of hydrogen-bond acceptors (Lipinski definition) is 2. The smallest absolute Gasteiger partial charge is 0.223 e. The van der Waals surface area contributed by atoms with Crippen molar-refractivity contribution in [2.24, 2.45) is 11.8 Å². The topological polar surface area (TPSA) is 40.6 Å². The maximum Gasteiger partial charge on any atom is 0.223 e. The lowest BCUT2D eigenvalue weighted by Crippen LogP contribution is -2.51. The highest BCUT2D eigenvalue weighted by Gasteiger charge is 2.37. The van der Waals surface area contributed by atoms with Crippen LogP contribution in [-0.2, 0) is 9.59 Å². The summed E-state index contributed by atoms with van der Waals surface area (Å²) in [5.41, 5.74) is 0. The molecule has 0 bridgehead atoms. The van der Waals surface area contributed by atoms with Crippen LogP contribution >= 0.6 is 0 Å². The second kappa shape index (κ2) is 8.31. The average Bonchev–Trinajstić information content (AvgIpc) is 2.71. The number of likely N-dealkylation sites (tertiary alicyclic amines) is 2. The van der Waals surface area contributed by atoms with E-state index in [1.165, 1.54) is 64.2 Å². The highest BCUT2D eigenvalue weighted by Crippen LogP contribution is 2.37. The predicted octanol–water partition coefficient (Wildman–Crippen LogP) is 4.13. The highest BCUT2D eigenvalue weighted by atomic mass is 16.2. The van der Waals surface area contributed by atoms with E-state index in [0.29, 0.717) is 24.9 Å². The Balaban J connectivity index is 1.31. The Morgan fingerprint density at radius 1 is 0.577 bits per heavy atom. The first-order valence-electron chi connectivity index (χ1n) is 11.3. The van der Waals surface area contributed by atoms with Gasteiger partial charge in [0.15, 0.2) is 0 Å². The fourth-order valence-electron chi connectivity index (χ4n) is 6.37. The van der Waals surface area contributed by atoms with Gasteiger partial charge in [0.2, 0.25) is 11.8 Å². The van der Waals surface area contributed by atoms with Crippen molar-refractivity contribution in [3.63, 3.8) is 0 Å². The molecular formula is C22H36N2O2. The quantitative estimate of drug-likeness (QED) is 0.759. The molecular weight excluding hydrogens is 324 g/mol. The van der Waals surface area contributed by atoms with Crippen molar-refractivity contribution in [1.82, 2.24) is 9.80 Å². The number of carbonyl (C=O) groups excluding carboxylic acids is 2. The zero-order valence-corrected chi connectivity index (χ0v) is 16.3. The molecule has 4 aliphatic rings. The van der Waals surface area contributed by atoms with Crippen molar-refractivity contribution in [3.8, 4) is 0 Å². The van der Waals surface area contributed by atoms with Crippen LogP contribution in [0.15, 0.2) is 0 Å². The van der Waals surface area contributed by atoms with Crippen LogP contribution in [0.3, 0.4) is 0 Å². The molecule has 4 atom stereocenters.